The molecule has 2 heterocycles. The van der Waals surface area contributed by atoms with Gasteiger partial charge in [0.05, 0.1) is 5.92 Å². The molecule has 5 heteroatoms. The Hall–Kier alpha value is -1.88. The third kappa shape index (κ3) is 3.17. The number of fused-ring (bicyclic) bond motifs is 1. The van der Waals surface area contributed by atoms with E-state index in [2.05, 4.69) is 0 Å². The van der Waals surface area contributed by atoms with Crippen LogP contribution >= 0.6 is 0 Å². The van der Waals surface area contributed by atoms with Gasteiger partial charge in [0.15, 0.2) is 0 Å². The minimum Gasteiger partial charge on any atom is -0.342 e. The van der Waals surface area contributed by atoms with Crippen LogP contribution in [-0.4, -0.2) is 53.8 Å². The summed E-state index contributed by atoms with van der Waals surface area (Å²) >= 11 is 0. The topological polar surface area (TPSA) is 66.6 Å². The molecular weight excluding hydrogens is 314 g/mol. The monoisotopic (exact) mass is 341 g/mol. The van der Waals surface area contributed by atoms with Crippen molar-refractivity contribution in [1.29, 1.82) is 0 Å². The summed E-state index contributed by atoms with van der Waals surface area (Å²) in [5.41, 5.74) is 6.90. The lowest BCUT2D eigenvalue weighted by molar-refractivity contribution is -0.136. The molecule has 2 saturated heterocycles. The molecule has 2 amide bonds. The van der Waals surface area contributed by atoms with E-state index in [1.165, 1.54) is 0 Å². The number of amides is 2. The van der Waals surface area contributed by atoms with E-state index in [-0.39, 0.29) is 23.8 Å². The van der Waals surface area contributed by atoms with E-state index in [1.807, 2.05) is 40.1 Å². The van der Waals surface area contributed by atoms with E-state index in [4.69, 9.17) is 5.73 Å². The molecule has 1 aliphatic carbocycles. The van der Waals surface area contributed by atoms with E-state index >= 15 is 0 Å². The average Bonchev–Trinajstić information content (AvgIpc) is 3.23. The van der Waals surface area contributed by atoms with Crippen molar-refractivity contribution < 1.29 is 9.59 Å². The van der Waals surface area contributed by atoms with Gasteiger partial charge in [-0.2, -0.15) is 0 Å². The SMILES string of the molecule is NC1CCC2CN(C(=O)C3CCCN(C(=O)c4ccccc4)C3)CC12. The molecule has 4 unspecified atom stereocenters. The number of hydrogen-bond acceptors (Lipinski definition) is 3. The van der Waals surface area contributed by atoms with Crippen molar-refractivity contribution in [2.24, 2.45) is 23.5 Å². The lowest BCUT2D eigenvalue weighted by Gasteiger charge is -2.34. The number of rotatable bonds is 2. The molecule has 1 aromatic carbocycles. The standard InChI is InChI=1S/C20H27N3O2/c21-18-9-8-15-11-23(13-17(15)18)20(25)16-7-4-10-22(12-16)19(24)14-5-2-1-3-6-14/h1-3,5-6,15-18H,4,7-13,21H2. The minimum atomic E-state index is -0.0588. The Morgan fingerprint density at radius 1 is 0.960 bits per heavy atom. The average molecular weight is 341 g/mol. The minimum absolute atomic E-state index is 0.0402. The van der Waals surface area contributed by atoms with Gasteiger partial charge < -0.3 is 15.5 Å². The lowest BCUT2D eigenvalue weighted by atomic mass is 9.95. The highest BCUT2D eigenvalue weighted by Crippen LogP contribution is 2.38. The Morgan fingerprint density at radius 2 is 1.76 bits per heavy atom. The van der Waals surface area contributed by atoms with Crippen LogP contribution < -0.4 is 5.73 Å². The first kappa shape index (κ1) is 16.6. The van der Waals surface area contributed by atoms with Crippen LogP contribution in [0.5, 0.6) is 0 Å². The number of benzene rings is 1. The maximum atomic E-state index is 13.0. The highest BCUT2D eigenvalue weighted by molar-refractivity contribution is 5.94. The Labute approximate surface area is 149 Å². The van der Waals surface area contributed by atoms with Crippen molar-refractivity contribution in [3.8, 4) is 0 Å². The molecule has 1 aromatic rings. The number of hydrogen-bond donors (Lipinski definition) is 1. The highest BCUT2D eigenvalue weighted by atomic mass is 16.2. The van der Waals surface area contributed by atoms with Crippen LogP contribution in [0, 0.1) is 17.8 Å². The second-order valence-electron chi connectivity index (χ2n) is 7.86. The molecule has 0 aromatic heterocycles. The molecule has 25 heavy (non-hydrogen) atoms. The van der Waals surface area contributed by atoms with E-state index in [1.54, 1.807) is 0 Å². The zero-order valence-electron chi connectivity index (χ0n) is 14.6. The summed E-state index contributed by atoms with van der Waals surface area (Å²) < 4.78 is 0. The first-order valence-electron chi connectivity index (χ1n) is 9.52. The zero-order valence-corrected chi connectivity index (χ0v) is 14.6. The smallest absolute Gasteiger partial charge is 0.253 e. The number of likely N-dealkylation sites (tertiary alicyclic amines) is 2. The fraction of sp³-hybridized carbons (Fsp3) is 0.600. The Kier molecular flexibility index (Phi) is 4.50. The number of nitrogens with zero attached hydrogens (tertiary/aromatic N) is 2. The van der Waals surface area contributed by atoms with Crippen LogP contribution in [0.2, 0.25) is 0 Å². The van der Waals surface area contributed by atoms with Gasteiger partial charge in [-0.15, -0.1) is 0 Å². The molecular formula is C20H27N3O2. The van der Waals surface area contributed by atoms with Crippen LogP contribution in [0.25, 0.3) is 0 Å². The number of carbonyl (C=O) groups excluding carboxylic acids is 2. The summed E-state index contributed by atoms with van der Waals surface area (Å²) in [5.74, 6) is 1.28. The second-order valence-corrected chi connectivity index (χ2v) is 7.86. The fourth-order valence-electron chi connectivity index (χ4n) is 4.87. The van der Waals surface area contributed by atoms with Gasteiger partial charge in [0, 0.05) is 37.8 Å². The Balaban J connectivity index is 1.40. The predicted octanol–water partition coefficient (Wildman–Crippen LogP) is 1.73. The molecule has 2 N–H and O–H groups in total. The van der Waals surface area contributed by atoms with Gasteiger partial charge in [0.2, 0.25) is 5.91 Å². The second kappa shape index (κ2) is 6.79. The molecule has 1 saturated carbocycles. The molecule has 134 valence electrons. The number of nitrogens with two attached hydrogens (primary N) is 1. The van der Waals surface area contributed by atoms with Gasteiger partial charge in [-0.25, -0.2) is 0 Å². The molecule has 4 atom stereocenters. The number of piperidine rings is 1. The van der Waals surface area contributed by atoms with Crippen molar-refractivity contribution in [3.63, 3.8) is 0 Å². The van der Waals surface area contributed by atoms with Crippen LogP contribution in [-0.2, 0) is 4.79 Å². The van der Waals surface area contributed by atoms with Crippen LogP contribution in [0.1, 0.15) is 36.0 Å². The van der Waals surface area contributed by atoms with E-state index in [0.717, 1.165) is 45.3 Å². The quantitative estimate of drug-likeness (QED) is 0.891. The van der Waals surface area contributed by atoms with Crippen LogP contribution in [0.3, 0.4) is 0 Å². The molecule has 2 aliphatic heterocycles. The summed E-state index contributed by atoms with van der Waals surface area (Å²) in [5, 5.41) is 0. The van der Waals surface area contributed by atoms with Gasteiger partial charge >= 0.3 is 0 Å². The third-order valence-corrected chi connectivity index (χ3v) is 6.30. The lowest BCUT2D eigenvalue weighted by Crippen LogP contribution is -2.46. The first-order valence-corrected chi connectivity index (χ1v) is 9.52. The van der Waals surface area contributed by atoms with E-state index in [9.17, 15) is 9.59 Å². The van der Waals surface area contributed by atoms with Crippen molar-refractivity contribution in [2.75, 3.05) is 26.2 Å². The molecule has 5 nitrogen and oxygen atoms in total. The summed E-state index contributed by atoms with van der Waals surface area (Å²) in [6.07, 6.45) is 4.03. The third-order valence-electron chi connectivity index (χ3n) is 6.30. The maximum Gasteiger partial charge on any atom is 0.253 e. The van der Waals surface area contributed by atoms with Gasteiger partial charge in [0.1, 0.15) is 0 Å². The van der Waals surface area contributed by atoms with Crippen molar-refractivity contribution in [2.45, 2.75) is 31.7 Å². The van der Waals surface area contributed by atoms with Gasteiger partial charge in [-0.05, 0) is 49.7 Å². The number of carbonyl (C=O) groups is 2. The van der Waals surface area contributed by atoms with Gasteiger partial charge in [0.25, 0.3) is 5.91 Å². The normalized spacial score (nSPS) is 31.9. The predicted molar refractivity (Wildman–Crippen MR) is 95.8 cm³/mol. The molecule has 0 radical (unpaired) electrons. The van der Waals surface area contributed by atoms with Gasteiger partial charge in [-0.3, -0.25) is 9.59 Å². The molecule has 0 bridgehead atoms. The van der Waals surface area contributed by atoms with Crippen LogP contribution in [0.15, 0.2) is 30.3 Å². The first-order chi connectivity index (χ1) is 12.1. The molecule has 4 rings (SSSR count). The summed E-state index contributed by atoms with van der Waals surface area (Å²) in [7, 11) is 0. The fourth-order valence-corrected chi connectivity index (χ4v) is 4.87. The summed E-state index contributed by atoms with van der Waals surface area (Å²) in [6.45, 7) is 2.96. The summed E-state index contributed by atoms with van der Waals surface area (Å²) in [6, 6.07) is 9.62. The largest absolute Gasteiger partial charge is 0.342 e. The highest BCUT2D eigenvalue weighted by Gasteiger charge is 2.44. The van der Waals surface area contributed by atoms with E-state index in [0.29, 0.717) is 23.9 Å². The molecule has 3 aliphatic rings. The van der Waals surface area contributed by atoms with Gasteiger partial charge in [-0.1, -0.05) is 18.2 Å². The van der Waals surface area contributed by atoms with E-state index < -0.39 is 0 Å². The van der Waals surface area contributed by atoms with Crippen LogP contribution in [0.4, 0.5) is 0 Å². The Morgan fingerprint density at radius 3 is 2.52 bits per heavy atom. The molecule has 0 spiro atoms. The Bertz CT molecular complexity index is 648. The van der Waals surface area contributed by atoms with Crippen molar-refractivity contribution in [3.05, 3.63) is 35.9 Å². The van der Waals surface area contributed by atoms with Crippen molar-refractivity contribution in [1.82, 2.24) is 9.80 Å². The zero-order chi connectivity index (χ0) is 17.4. The van der Waals surface area contributed by atoms with Crippen molar-refractivity contribution >= 4 is 11.8 Å². The maximum absolute atomic E-state index is 13.0. The molecule has 3 fully saturated rings. The summed E-state index contributed by atoms with van der Waals surface area (Å²) in [4.78, 5) is 29.5.